The highest BCUT2D eigenvalue weighted by Crippen LogP contribution is 2.38. The smallest absolute Gasteiger partial charge is 0.268 e. The molecular formula is C22H22FN3O4. The molecule has 1 aromatic carbocycles. The molecule has 7 nitrogen and oxygen atoms in total. The predicted octanol–water partition coefficient (Wildman–Crippen LogP) is 2.28. The minimum atomic E-state index is -0.783. The number of halogens is 1. The lowest BCUT2D eigenvalue weighted by Crippen LogP contribution is -2.36. The fourth-order valence-electron chi connectivity index (χ4n) is 3.47. The number of aromatic hydroxyl groups is 1. The Bertz CT molecular complexity index is 1170. The molecule has 8 heteroatoms. The third kappa shape index (κ3) is 3.91. The minimum absolute atomic E-state index is 0.0385. The highest BCUT2D eigenvalue weighted by Gasteiger charge is 2.31. The molecule has 1 atom stereocenters. The molecule has 2 heterocycles. The van der Waals surface area contributed by atoms with Crippen LogP contribution < -0.4 is 10.9 Å². The number of fused-ring (bicyclic) bond motifs is 1. The van der Waals surface area contributed by atoms with Gasteiger partial charge in [-0.05, 0) is 55.5 Å². The topological polar surface area (TPSA) is 104 Å². The highest BCUT2D eigenvalue weighted by atomic mass is 19.1. The molecule has 0 radical (unpaired) electrons. The van der Waals surface area contributed by atoms with Gasteiger partial charge in [-0.2, -0.15) is 0 Å². The standard InChI is InChI=1S/C22H22FN3O4/c1-12(27)10-25-21(29)18-20(28)19-17(26(22(18)30)16-6-7-16)9-14(11-24-19)8-13-2-4-15(23)5-3-13/h2-5,9,11-12,16,27-28H,6-8,10H2,1H3,(H,25,29). The lowest BCUT2D eigenvalue weighted by molar-refractivity contribution is 0.0919. The van der Waals surface area contributed by atoms with Gasteiger partial charge in [0, 0.05) is 18.8 Å². The third-order valence-electron chi connectivity index (χ3n) is 5.10. The average Bonchev–Trinajstić information content (AvgIpc) is 3.53. The van der Waals surface area contributed by atoms with Gasteiger partial charge in [0.05, 0.1) is 11.6 Å². The van der Waals surface area contributed by atoms with Crippen LogP contribution in [0, 0.1) is 5.82 Å². The first-order valence-corrected chi connectivity index (χ1v) is 9.82. The Labute approximate surface area is 171 Å². The van der Waals surface area contributed by atoms with Gasteiger partial charge in [0.2, 0.25) is 0 Å². The molecule has 2 aromatic heterocycles. The molecule has 156 valence electrons. The third-order valence-corrected chi connectivity index (χ3v) is 5.10. The second-order valence-electron chi connectivity index (χ2n) is 7.70. The van der Waals surface area contributed by atoms with Crippen LogP contribution in [-0.2, 0) is 6.42 Å². The summed E-state index contributed by atoms with van der Waals surface area (Å²) in [6.45, 7) is 1.47. The van der Waals surface area contributed by atoms with E-state index in [1.54, 1.807) is 24.4 Å². The highest BCUT2D eigenvalue weighted by molar-refractivity contribution is 6.01. The number of amides is 1. The quantitative estimate of drug-likeness (QED) is 0.577. The van der Waals surface area contributed by atoms with E-state index in [1.807, 2.05) is 0 Å². The molecule has 0 aliphatic heterocycles. The van der Waals surface area contributed by atoms with Gasteiger partial charge in [0.25, 0.3) is 11.5 Å². The molecule has 0 bridgehead atoms. The lowest BCUT2D eigenvalue weighted by Gasteiger charge is -2.15. The van der Waals surface area contributed by atoms with Crippen molar-refractivity contribution < 1.29 is 19.4 Å². The molecule has 1 amide bonds. The fourth-order valence-corrected chi connectivity index (χ4v) is 3.47. The average molecular weight is 411 g/mol. The summed E-state index contributed by atoms with van der Waals surface area (Å²) < 4.78 is 14.7. The van der Waals surface area contributed by atoms with Gasteiger partial charge in [-0.25, -0.2) is 4.39 Å². The van der Waals surface area contributed by atoms with E-state index >= 15 is 0 Å². The maximum Gasteiger partial charge on any atom is 0.268 e. The molecule has 0 saturated heterocycles. The zero-order chi connectivity index (χ0) is 21.4. The first-order valence-electron chi connectivity index (χ1n) is 9.82. The first-order chi connectivity index (χ1) is 14.3. The predicted molar refractivity (Wildman–Crippen MR) is 109 cm³/mol. The Kier molecular flexibility index (Phi) is 5.26. The van der Waals surface area contributed by atoms with Crippen LogP contribution in [0.2, 0.25) is 0 Å². The molecule has 1 saturated carbocycles. The molecular weight excluding hydrogens is 389 g/mol. The lowest BCUT2D eigenvalue weighted by atomic mass is 10.1. The number of benzene rings is 1. The maximum atomic E-state index is 13.1. The number of carbonyl (C=O) groups is 1. The van der Waals surface area contributed by atoms with Crippen LogP contribution in [0.1, 0.15) is 47.3 Å². The van der Waals surface area contributed by atoms with Crippen molar-refractivity contribution in [3.8, 4) is 5.75 Å². The Morgan fingerprint density at radius 1 is 1.30 bits per heavy atom. The number of aliphatic hydroxyl groups excluding tert-OH is 1. The number of rotatable bonds is 6. The zero-order valence-electron chi connectivity index (χ0n) is 16.4. The second-order valence-corrected chi connectivity index (χ2v) is 7.70. The van der Waals surface area contributed by atoms with E-state index in [-0.39, 0.29) is 29.5 Å². The molecule has 1 aliphatic carbocycles. The number of carbonyl (C=O) groups excluding carboxylic acids is 1. The van der Waals surface area contributed by atoms with Gasteiger partial charge in [-0.15, -0.1) is 0 Å². The van der Waals surface area contributed by atoms with E-state index in [4.69, 9.17) is 0 Å². The summed E-state index contributed by atoms with van der Waals surface area (Å²) in [6, 6.07) is 7.86. The van der Waals surface area contributed by atoms with Crippen molar-refractivity contribution in [3.05, 3.63) is 69.4 Å². The largest absolute Gasteiger partial charge is 0.505 e. The van der Waals surface area contributed by atoms with Gasteiger partial charge in [-0.3, -0.25) is 14.6 Å². The molecule has 30 heavy (non-hydrogen) atoms. The van der Waals surface area contributed by atoms with Gasteiger partial charge >= 0.3 is 0 Å². The Morgan fingerprint density at radius 3 is 2.63 bits per heavy atom. The van der Waals surface area contributed by atoms with Gasteiger partial charge < -0.3 is 20.1 Å². The second kappa shape index (κ2) is 7.87. The monoisotopic (exact) mass is 411 g/mol. The first kappa shape index (κ1) is 20.0. The summed E-state index contributed by atoms with van der Waals surface area (Å²) in [4.78, 5) is 29.9. The van der Waals surface area contributed by atoms with Crippen LogP contribution in [0.4, 0.5) is 4.39 Å². The van der Waals surface area contributed by atoms with Crippen molar-refractivity contribution in [3.63, 3.8) is 0 Å². The molecule has 4 rings (SSSR count). The summed E-state index contributed by atoms with van der Waals surface area (Å²) in [5.74, 6) is -1.53. The number of nitrogens with one attached hydrogen (secondary N) is 1. The minimum Gasteiger partial charge on any atom is -0.505 e. The van der Waals surface area contributed by atoms with Crippen molar-refractivity contribution in [1.82, 2.24) is 14.9 Å². The molecule has 3 aromatic rings. The fraction of sp³-hybridized carbons (Fsp3) is 0.318. The zero-order valence-corrected chi connectivity index (χ0v) is 16.4. The van der Waals surface area contributed by atoms with E-state index in [0.717, 1.165) is 24.0 Å². The van der Waals surface area contributed by atoms with Crippen molar-refractivity contribution in [2.75, 3.05) is 6.54 Å². The number of aliphatic hydroxyl groups is 1. The summed E-state index contributed by atoms with van der Waals surface area (Å²) in [7, 11) is 0. The van der Waals surface area contributed by atoms with Crippen molar-refractivity contribution >= 4 is 16.9 Å². The summed E-state index contributed by atoms with van der Waals surface area (Å²) >= 11 is 0. The van der Waals surface area contributed by atoms with Crippen LogP contribution in [-0.4, -0.2) is 38.3 Å². The van der Waals surface area contributed by atoms with E-state index < -0.39 is 23.3 Å². The maximum absolute atomic E-state index is 13.1. The van der Waals surface area contributed by atoms with E-state index in [9.17, 15) is 24.2 Å². The number of hydrogen-bond acceptors (Lipinski definition) is 5. The van der Waals surface area contributed by atoms with Gasteiger partial charge in [0.1, 0.15) is 16.9 Å². The SMILES string of the molecule is CC(O)CNC(=O)c1c(O)c2ncc(Cc3ccc(F)cc3)cc2n(C2CC2)c1=O. The number of pyridine rings is 2. The molecule has 0 spiro atoms. The number of nitrogens with zero attached hydrogens (tertiary/aromatic N) is 2. The Balaban J connectivity index is 1.79. The van der Waals surface area contributed by atoms with Crippen LogP contribution in [0.15, 0.2) is 41.3 Å². The van der Waals surface area contributed by atoms with E-state index in [2.05, 4.69) is 10.3 Å². The number of aromatic nitrogens is 2. The van der Waals surface area contributed by atoms with Crippen LogP contribution in [0.5, 0.6) is 5.75 Å². The van der Waals surface area contributed by atoms with Crippen LogP contribution >= 0.6 is 0 Å². The summed E-state index contributed by atoms with van der Waals surface area (Å²) in [5, 5.41) is 22.5. The van der Waals surface area contributed by atoms with Crippen molar-refractivity contribution in [2.45, 2.75) is 38.3 Å². The molecule has 1 aliphatic rings. The van der Waals surface area contributed by atoms with Crippen molar-refractivity contribution in [1.29, 1.82) is 0 Å². The normalized spacial score (nSPS) is 14.6. The van der Waals surface area contributed by atoms with Crippen molar-refractivity contribution in [2.24, 2.45) is 0 Å². The molecule has 1 unspecified atom stereocenters. The molecule has 3 N–H and O–H groups in total. The Hall–Kier alpha value is -3.26. The summed E-state index contributed by atoms with van der Waals surface area (Å²) in [5.41, 5.74) is 1.38. The van der Waals surface area contributed by atoms with E-state index in [0.29, 0.717) is 11.9 Å². The van der Waals surface area contributed by atoms with E-state index in [1.165, 1.54) is 23.6 Å². The van der Waals surface area contributed by atoms with Crippen LogP contribution in [0.25, 0.3) is 11.0 Å². The Morgan fingerprint density at radius 2 is 2.00 bits per heavy atom. The van der Waals surface area contributed by atoms with Gasteiger partial charge in [-0.1, -0.05) is 12.1 Å². The van der Waals surface area contributed by atoms with Crippen LogP contribution in [0.3, 0.4) is 0 Å². The van der Waals surface area contributed by atoms with Gasteiger partial charge in [0.15, 0.2) is 5.75 Å². The summed E-state index contributed by atoms with van der Waals surface area (Å²) in [6.07, 6.45) is 2.88. The number of hydrogen-bond donors (Lipinski definition) is 3. The molecule has 1 fully saturated rings.